The summed E-state index contributed by atoms with van der Waals surface area (Å²) in [5, 5.41) is 20.4. The van der Waals surface area contributed by atoms with Gasteiger partial charge in [0.15, 0.2) is 0 Å². The van der Waals surface area contributed by atoms with Crippen LogP contribution in [0, 0.1) is 0 Å². The number of hydrogen-bond donors (Lipinski definition) is 4. The Morgan fingerprint density at radius 1 is 1.55 bits per heavy atom. The summed E-state index contributed by atoms with van der Waals surface area (Å²) < 4.78 is 26.0. The summed E-state index contributed by atoms with van der Waals surface area (Å²) in [6, 6.07) is 0. The first-order valence-electron chi connectivity index (χ1n) is 2.85. The van der Waals surface area contributed by atoms with Crippen molar-refractivity contribution in [3.63, 3.8) is 0 Å². The van der Waals surface area contributed by atoms with Gasteiger partial charge in [-0.05, 0) is 0 Å². The second-order valence-electron chi connectivity index (χ2n) is 1.76. The Morgan fingerprint density at radius 3 is 1.82 bits per heavy atom. The van der Waals surface area contributed by atoms with Gasteiger partial charge in [0.25, 0.3) is 0 Å². The van der Waals surface area contributed by atoms with Crippen molar-refractivity contribution in [2.45, 2.75) is 9.77 Å². The average Bonchev–Trinajstić information content (AvgIpc) is 1.83. The van der Waals surface area contributed by atoms with Gasteiger partial charge in [-0.1, -0.05) is 0 Å². The first-order valence-corrected chi connectivity index (χ1v) is 5.77. The molecule has 0 aliphatic heterocycles. The zero-order chi connectivity index (χ0) is 9.49. The number of aliphatic hydroxyl groups excluding tert-OH is 2. The van der Waals surface area contributed by atoms with Crippen molar-refractivity contribution in [3.8, 4) is 0 Å². The van der Waals surface area contributed by atoms with Crippen molar-refractivity contribution in [2.24, 2.45) is 5.14 Å². The molecule has 8 heteroatoms. The minimum absolute atomic E-state index is 0.0799. The van der Waals surface area contributed by atoms with E-state index in [1.807, 2.05) is 0 Å². The van der Waals surface area contributed by atoms with Crippen molar-refractivity contribution >= 4 is 38.2 Å². The standard InChI is InChI=1S/C3H7O2.H3NO3S.Na/c1-3(5)2-4;1-5(2,3)4;/h3-5H,1-2H2;(H3,1,2,3,4);. The molecule has 0 heterocycles. The summed E-state index contributed by atoms with van der Waals surface area (Å²) >= 11 is 0.972. The Kier molecular flexibility index (Phi) is 9.69. The maximum absolute atomic E-state index is 8.97. The molecule has 0 amide bonds. The van der Waals surface area contributed by atoms with E-state index in [1.165, 1.54) is 0 Å². The fourth-order valence-electron chi connectivity index (χ4n) is 0.129. The molecule has 0 bridgehead atoms. The zero-order valence-corrected chi connectivity index (χ0v) is 8.95. The third-order valence-electron chi connectivity index (χ3n) is 0.682. The van der Waals surface area contributed by atoms with E-state index < -0.39 is 16.4 Å². The van der Waals surface area contributed by atoms with Crippen molar-refractivity contribution in [1.29, 1.82) is 0 Å². The van der Waals surface area contributed by atoms with Gasteiger partial charge in [-0.25, -0.2) is 5.14 Å². The molecule has 11 heavy (non-hydrogen) atoms. The van der Waals surface area contributed by atoms with E-state index in [4.69, 9.17) is 23.2 Å². The molecule has 64 valence electrons. The van der Waals surface area contributed by atoms with Gasteiger partial charge < -0.3 is 0 Å². The van der Waals surface area contributed by atoms with Crippen LogP contribution in [0.3, 0.4) is 0 Å². The van der Waals surface area contributed by atoms with E-state index in [9.17, 15) is 0 Å². The van der Waals surface area contributed by atoms with Crippen molar-refractivity contribution in [2.75, 3.05) is 6.61 Å². The summed E-state index contributed by atoms with van der Waals surface area (Å²) in [4.78, 5) is 0. The fraction of sp³-hybridized carbons (Fsp3) is 1.00. The Balaban J connectivity index is 0. The van der Waals surface area contributed by atoms with Crippen LogP contribution in [-0.2, 0) is 10.3 Å². The first kappa shape index (κ1) is 14.3. The van der Waals surface area contributed by atoms with E-state index in [2.05, 4.69) is 5.14 Å². The van der Waals surface area contributed by atoms with Crippen LogP contribution in [0.25, 0.3) is 0 Å². The van der Waals surface area contributed by atoms with Crippen LogP contribution < -0.4 is 5.14 Å². The zero-order valence-electron chi connectivity index (χ0n) is 6.14. The third-order valence-corrected chi connectivity index (χ3v) is 1.62. The van der Waals surface area contributed by atoms with Gasteiger partial charge in [0, 0.05) is 0 Å². The summed E-state index contributed by atoms with van der Waals surface area (Å²) in [5.41, 5.74) is 0. The molecule has 0 spiro atoms. The molecule has 0 radical (unpaired) electrons. The van der Waals surface area contributed by atoms with Gasteiger partial charge in [-0.2, -0.15) is 8.42 Å². The van der Waals surface area contributed by atoms with E-state index in [-0.39, 0.29) is 6.61 Å². The molecule has 0 rings (SSSR count). The molecular weight excluding hydrogens is 185 g/mol. The number of nitrogens with two attached hydrogens (primary N) is 1. The second kappa shape index (κ2) is 7.44. The Bertz CT molecular complexity index is 157. The van der Waals surface area contributed by atoms with Crippen LogP contribution in [0.5, 0.6) is 0 Å². The number of hydrogen-bond acceptors (Lipinski definition) is 4. The van der Waals surface area contributed by atoms with E-state index >= 15 is 0 Å². The Morgan fingerprint density at radius 2 is 1.82 bits per heavy atom. The van der Waals surface area contributed by atoms with Gasteiger partial charge in [0.05, 0.1) is 0 Å². The molecule has 0 aromatic rings. The molecule has 0 aliphatic rings. The molecule has 0 aromatic heterocycles. The summed E-state index contributed by atoms with van der Waals surface area (Å²) in [6.45, 7) is -0.0799. The predicted octanol–water partition coefficient (Wildman–Crippen LogP) is -2.33. The molecule has 0 aromatic carbocycles. The van der Waals surface area contributed by atoms with Gasteiger partial charge >= 0.3 is 64.8 Å². The normalized spacial score (nSPS) is 13.3. The van der Waals surface area contributed by atoms with Gasteiger partial charge in [-0.3, -0.25) is 4.55 Å². The molecule has 0 saturated heterocycles. The van der Waals surface area contributed by atoms with Crippen LogP contribution in [0.4, 0.5) is 0 Å². The fourth-order valence-corrected chi connectivity index (χ4v) is 0.387. The van der Waals surface area contributed by atoms with E-state index in [1.54, 1.807) is 0 Å². The van der Waals surface area contributed by atoms with Crippen molar-refractivity contribution < 1.29 is 23.2 Å². The molecule has 0 fully saturated rings. The Hall–Kier alpha value is 0.790. The summed E-state index contributed by atoms with van der Waals surface area (Å²) in [6.07, 6.45) is -0.448. The summed E-state index contributed by atoms with van der Waals surface area (Å²) in [5.74, 6) is 0. The van der Waals surface area contributed by atoms with Crippen LogP contribution in [0.2, 0.25) is 3.67 Å². The maximum atomic E-state index is 8.97. The average molecular weight is 195 g/mol. The number of aliphatic hydroxyl groups is 2. The van der Waals surface area contributed by atoms with Gasteiger partial charge in [-0.15, -0.1) is 0 Å². The predicted molar refractivity (Wildman–Crippen MR) is 39.4 cm³/mol. The third kappa shape index (κ3) is 36.3. The van der Waals surface area contributed by atoms with Gasteiger partial charge in [0.1, 0.15) is 0 Å². The number of rotatable bonds is 2. The molecule has 6 nitrogen and oxygen atoms in total. The topological polar surface area (TPSA) is 121 Å². The van der Waals surface area contributed by atoms with Crippen LogP contribution >= 0.6 is 0 Å². The quantitative estimate of drug-likeness (QED) is 0.291. The Labute approximate surface area is 82.7 Å². The van der Waals surface area contributed by atoms with Crippen LogP contribution in [-0.4, -0.2) is 63.8 Å². The molecule has 0 aliphatic carbocycles. The second-order valence-corrected chi connectivity index (χ2v) is 3.61. The monoisotopic (exact) mass is 195 g/mol. The molecule has 5 N–H and O–H groups in total. The molecule has 1 atom stereocenters. The molecule has 0 saturated carbocycles. The molecule has 1 unspecified atom stereocenters. The SMILES string of the molecule is NS(=O)(=O)O.OCC(O)[CH2][Na]. The minimum atomic E-state index is -4.17. The molecular formula is C3H10NNaO5S. The van der Waals surface area contributed by atoms with Crippen LogP contribution in [0.15, 0.2) is 0 Å². The van der Waals surface area contributed by atoms with E-state index in [0.717, 1.165) is 31.6 Å². The first-order chi connectivity index (χ1) is 4.81. The van der Waals surface area contributed by atoms with Gasteiger partial charge in [0.2, 0.25) is 0 Å². The van der Waals surface area contributed by atoms with Crippen molar-refractivity contribution in [3.05, 3.63) is 0 Å². The van der Waals surface area contributed by atoms with E-state index in [0.29, 0.717) is 0 Å². The summed E-state index contributed by atoms with van der Waals surface area (Å²) in [7, 11) is -4.17. The van der Waals surface area contributed by atoms with Crippen LogP contribution in [0.1, 0.15) is 0 Å². The van der Waals surface area contributed by atoms with Crippen molar-refractivity contribution in [1.82, 2.24) is 0 Å².